The van der Waals surface area contributed by atoms with E-state index < -0.39 is 0 Å². The van der Waals surface area contributed by atoms with E-state index in [-0.39, 0.29) is 0 Å². The van der Waals surface area contributed by atoms with E-state index in [0.717, 1.165) is 16.6 Å². The van der Waals surface area contributed by atoms with E-state index in [1.807, 2.05) is 19.2 Å². The van der Waals surface area contributed by atoms with Crippen molar-refractivity contribution >= 4 is 10.9 Å². The number of benzene rings is 1. The van der Waals surface area contributed by atoms with E-state index in [1.54, 1.807) is 10.7 Å². The quantitative estimate of drug-likeness (QED) is 0.749. The lowest BCUT2D eigenvalue weighted by molar-refractivity contribution is 0.477. The zero-order chi connectivity index (χ0) is 10.3. The van der Waals surface area contributed by atoms with Crippen LogP contribution in [0.1, 0.15) is 25.5 Å². The van der Waals surface area contributed by atoms with Gasteiger partial charge in [-0.25, -0.2) is 0 Å². The molecule has 0 atom stereocenters. The van der Waals surface area contributed by atoms with Crippen molar-refractivity contribution < 1.29 is 5.11 Å². The Balaban J connectivity index is 2.84. The number of hydrogen-bond acceptors (Lipinski definition) is 2. The van der Waals surface area contributed by atoms with E-state index in [4.69, 9.17) is 0 Å². The maximum atomic E-state index is 9.69. The molecule has 1 aromatic carbocycles. The van der Waals surface area contributed by atoms with Gasteiger partial charge in [0.15, 0.2) is 0 Å². The molecule has 14 heavy (non-hydrogen) atoms. The molecule has 0 saturated heterocycles. The Kier molecular flexibility index (Phi) is 1.95. The first-order chi connectivity index (χ1) is 6.61. The topological polar surface area (TPSA) is 38.0 Å². The number of rotatable bonds is 1. The van der Waals surface area contributed by atoms with E-state index in [0.29, 0.717) is 11.7 Å². The van der Waals surface area contributed by atoms with E-state index >= 15 is 0 Å². The summed E-state index contributed by atoms with van der Waals surface area (Å²) in [5.74, 6) is 0.671. The number of fused-ring (bicyclic) bond motifs is 1. The van der Waals surface area contributed by atoms with Gasteiger partial charge in [0, 0.05) is 12.4 Å². The minimum Gasteiger partial charge on any atom is -0.506 e. The summed E-state index contributed by atoms with van der Waals surface area (Å²) < 4.78 is 1.74. The molecule has 0 bridgehead atoms. The van der Waals surface area contributed by atoms with Crippen molar-refractivity contribution in [3.63, 3.8) is 0 Å². The number of phenols is 1. The van der Waals surface area contributed by atoms with Gasteiger partial charge < -0.3 is 5.11 Å². The Morgan fingerprint density at radius 1 is 1.36 bits per heavy atom. The van der Waals surface area contributed by atoms with Gasteiger partial charge in [0.2, 0.25) is 0 Å². The molecule has 0 amide bonds. The van der Waals surface area contributed by atoms with Gasteiger partial charge in [-0.05, 0) is 12.0 Å². The third kappa shape index (κ3) is 1.16. The number of aryl methyl sites for hydroxylation is 1. The summed E-state index contributed by atoms with van der Waals surface area (Å²) in [6, 6.07) is 5.54. The highest BCUT2D eigenvalue weighted by molar-refractivity contribution is 5.87. The second-order valence-electron chi connectivity index (χ2n) is 3.84. The fourth-order valence-electron chi connectivity index (χ4n) is 1.77. The van der Waals surface area contributed by atoms with Crippen LogP contribution in [0.3, 0.4) is 0 Å². The average Bonchev–Trinajstić information content (AvgIpc) is 2.45. The summed E-state index contributed by atoms with van der Waals surface area (Å²) in [6.07, 6.45) is 0. The minimum absolute atomic E-state index is 0.296. The molecule has 0 aliphatic carbocycles. The number of aromatic hydroxyl groups is 1. The first-order valence-electron chi connectivity index (χ1n) is 4.76. The predicted octanol–water partition coefficient (Wildman–Crippen LogP) is 2.40. The molecule has 0 unspecified atom stereocenters. The van der Waals surface area contributed by atoms with Crippen molar-refractivity contribution in [2.24, 2.45) is 7.05 Å². The Hall–Kier alpha value is -1.51. The smallest absolute Gasteiger partial charge is 0.141 e. The molecule has 1 N–H and O–H groups in total. The van der Waals surface area contributed by atoms with E-state index in [2.05, 4.69) is 18.9 Å². The third-order valence-electron chi connectivity index (χ3n) is 2.42. The Morgan fingerprint density at radius 3 is 2.71 bits per heavy atom. The van der Waals surface area contributed by atoms with Crippen LogP contribution in [0.25, 0.3) is 10.9 Å². The molecule has 2 aromatic rings. The predicted molar refractivity (Wildman–Crippen MR) is 56.5 cm³/mol. The Bertz CT molecular complexity index is 471. The highest BCUT2D eigenvalue weighted by Crippen LogP contribution is 2.29. The van der Waals surface area contributed by atoms with E-state index in [1.165, 1.54) is 0 Å². The molecule has 0 saturated carbocycles. The number of aromatic nitrogens is 2. The molecule has 0 aliphatic rings. The lowest BCUT2D eigenvalue weighted by Gasteiger charge is -1.99. The molecule has 0 fully saturated rings. The summed E-state index contributed by atoms with van der Waals surface area (Å²) in [5, 5.41) is 15.1. The average molecular weight is 190 g/mol. The van der Waals surface area contributed by atoms with Crippen LogP contribution in [0.2, 0.25) is 0 Å². The SMILES string of the molecule is CC(C)c1nn(C)c2c(O)cccc12. The first-order valence-corrected chi connectivity index (χ1v) is 4.76. The minimum atomic E-state index is 0.296. The van der Waals surface area contributed by atoms with Gasteiger partial charge in [0.1, 0.15) is 11.3 Å². The van der Waals surface area contributed by atoms with Gasteiger partial charge >= 0.3 is 0 Å². The van der Waals surface area contributed by atoms with Gasteiger partial charge in [-0.2, -0.15) is 5.10 Å². The summed E-state index contributed by atoms with van der Waals surface area (Å²) in [7, 11) is 1.86. The van der Waals surface area contributed by atoms with Gasteiger partial charge in [0.05, 0.1) is 5.69 Å². The first kappa shape index (κ1) is 9.06. The van der Waals surface area contributed by atoms with Gasteiger partial charge in [0.25, 0.3) is 0 Å². The number of nitrogens with zero attached hydrogens (tertiary/aromatic N) is 2. The lowest BCUT2D eigenvalue weighted by Crippen LogP contribution is -1.93. The Morgan fingerprint density at radius 2 is 2.07 bits per heavy atom. The third-order valence-corrected chi connectivity index (χ3v) is 2.42. The highest BCUT2D eigenvalue weighted by atomic mass is 16.3. The molecule has 1 aromatic heterocycles. The lowest BCUT2D eigenvalue weighted by atomic mass is 10.1. The van der Waals surface area contributed by atoms with Crippen LogP contribution in [0.5, 0.6) is 5.75 Å². The fraction of sp³-hybridized carbons (Fsp3) is 0.364. The van der Waals surface area contributed by atoms with Crippen LogP contribution in [-0.4, -0.2) is 14.9 Å². The summed E-state index contributed by atoms with van der Waals surface area (Å²) in [5.41, 5.74) is 1.86. The van der Waals surface area contributed by atoms with E-state index in [9.17, 15) is 5.11 Å². The molecule has 74 valence electrons. The maximum Gasteiger partial charge on any atom is 0.141 e. The van der Waals surface area contributed by atoms with Crippen molar-refractivity contribution in [2.75, 3.05) is 0 Å². The van der Waals surface area contributed by atoms with Crippen LogP contribution in [0, 0.1) is 0 Å². The number of phenolic OH excluding ortho intramolecular Hbond substituents is 1. The van der Waals surface area contributed by atoms with Crippen molar-refractivity contribution in [3.8, 4) is 5.75 Å². The summed E-state index contributed by atoms with van der Waals surface area (Å²) >= 11 is 0. The molecular formula is C11H14N2O. The summed E-state index contributed by atoms with van der Waals surface area (Å²) in [4.78, 5) is 0. The van der Waals surface area contributed by atoms with Crippen LogP contribution in [0.15, 0.2) is 18.2 Å². The zero-order valence-corrected chi connectivity index (χ0v) is 8.65. The van der Waals surface area contributed by atoms with Crippen LogP contribution in [-0.2, 0) is 7.05 Å². The molecule has 0 aliphatic heterocycles. The second kappa shape index (κ2) is 3.01. The molecule has 3 heteroatoms. The maximum absolute atomic E-state index is 9.69. The molecule has 0 radical (unpaired) electrons. The van der Waals surface area contributed by atoms with Crippen LogP contribution < -0.4 is 0 Å². The van der Waals surface area contributed by atoms with Crippen LogP contribution >= 0.6 is 0 Å². The monoisotopic (exact) mass is 190 g/mol. The second-order valence-corrected chi connectivity index (χ2v) is 3.84. The highest BCUT2D eigenvalue weighted by Gasteiger charge is 2.13. The van der Waals surface area contributed by atoms with Gasteiger partial charge in [-0.1, -0.05) is 26.0 Å². The number of para-hydroxylation sites is 1. The van der Waals surface area contributed by atoms with Gasteiger partial charge in [-0.15, -0.1) is 0 Å². The molecule has 1 heterocycles. The Labute approximate surface area is 83.0 Å². The molecular weight excluding hydrogens is 176 g/mol. The molecule has 2 rings (SSSR count). The standard InChI is InChI=1S/C11H14N2O/c1-7(2)10-8-5-4-6-9(14)11(8)13(3)12-10/h4-7,14H,1-3H3. The fourth-order valence-corrected chi connectivity index (χ4v) is 1.77. The largest absolute Gasteiger partial charge is 0.506 e. The normalized spacial score (nSPS) is 11.4. The molecule has 3 nitrogen and oxygen atoms in total. The zero-order valence-electron chi connectivity index (χ0n) is 8.65. The van der Waals surface area contributed by atoms with Crippen molar-refractivity contribution in [1.29, 1.82) is 0 Å². The van der Waals surface area contributed by atoms with Crippen LogP contribution in [0.4, 0.5) is 0 Å². The van der Waals surface area contributed by atoms with Gasteiger partial charge in [-0.3, -0.25) is 4.68 Å². The van der Waals surface area contributed by atoms with Crippen molar-refractivity contribution in [1.82, 2.24) is 9.78 Å². The van der Waals surface area contributed by atoms with Crippen molar-refractivity contribution in [3.05, 3.63) is 23.9 Å². The molecule has 0 spiro atoms. The summed E-state index contributed by atoms with van der Waals surface area (Å²) in [6.45, 7) is 4.21. The van der Waals surface area contributed by atoms with Crippen molar-refractivity contribution in [2.45, 2.75) is 19.8 Å². The number of hydrogen-bond donors (Lipinski definition) is 1.